The van der Waals surface area contributed by atoms with E-state index in [-0.39, 0.29) is 11.9 Å². The van der Waals surface area contributed by atoms with E-state index in [2.05, 4.69) is 22.4 Å². The average Bonchev–Trinajstić information content (AvgIpc) is 2.98. The highest BCUT2D eigenvalue weighted by Gasteiger charge is 2.54. The van der Waals surface area contributed by atoms with Crippen LogP contribution in [0.5, 0.6) is 0 Å². The molecule has 2 aromatic rings. The molecule has 1 N–H and O–H groups in total. The van der Waals surface area contributed by atoms with Crippen molar-refractivity contribution in [2.24, 2.45) is 23.2 Å². The second kappa shape index (κ2) is 6.05. The number of nitrogens with zero attached hydrogens (tertiary/aromatic N) is 2. The van der Waals surface area contributed by atoms with E-state index in [4.69, 9.17) is 4.52 Å². The highest BCUT2D eigenvalue weighted by Crippen LogP contribution is 2.61. The van der Waals surface area contributed by atoms with Crippen molar-refractivity contribution >= 4 is 17.0 Å². The normalized spacial score (nSPS) is 32.8. The Hall–Kier alpha value is -1.91. The zero-order valence-corrected chi connectivity index (χ0v) is 16.5. The molecule has 4 saturated carbocycles. The van der Waals surface area contributed by atoms with Gasteiger partial charge >= 0.3 is 0 Å². The van der Waals surface area contributed by atoms with Crippen molar-refractivity contribution in [2.75, 3.05) is 0 Å². The number of carbonyl (C=O) groups excluding carboxylic acids is 1. The first-order chi connectivity index (χ1) is 13.0. The van der Waals surface area contributed by atoms with Crippen molar-refractivity contribution in [3.05, 3.63) is 23.0 Å². The summed E-state index contributed by atoms with van der Waals surface area (Å²) >= 11 is 0. The monoisotopic (exact) mass is 367 g/mol. The summed E-state index contributed by atoms with van der Waals surface area (Å²) in [4.78, 5) is 17.7. The zero-order chi connectivity index (χ0) is 18.8. The highest BCUT2D eigenvalue weighted by molar-refractivity contribution is 6.06. The van der Waals surface area contributed by atoms with Gasteiger partial charge in [0.15, 0.2) is 0 Å². The Balaban J connectivity index is 1.46. The van der Waals surface area contributed by atoms with Gasteiger partial charge in [-0.15, -0.1) is 0 Å². The van der Waals surface area contributed by atoms with Crippen molar-refractivity contribution < 1.29 is 9.32 Å². The van der Waals surface area contributed by atoms with Crippen LogP contribution in [0.1, 0.15) is 73.6 Å². The first kappa shape index (κ1) is 17.2. The first-order valence-electron chi connectivity index (χ1n) is 10.5. The third-order valence-corrected chi connectivity index (χ3v) is 7.53. The smallest absolute Gasteiger partial charge is 0.258 e. The maximum atomic E-state index is 13.3. The Kier molecular flexibility index (Phi) is 3.85. The SMILES string of the molecule is CC[C@H](NC(=O)c1cc(C)nc2onc(C)c12)C12CC3CC(CC(C3)C1)C2. The van der Waals surface area contributed by atoms with Gasteiger partial charge in [-0.2, -0.15) is 0 Å². The Morgan fingerprint density at radius 3 is 2.44 bits per heavy atom. The third kappa shape index (κ3) is 2.69. The molecule has 6 rings (SSSR count). The molecule has 27 heavy (non-hydrogen) atoms. The summed E-state index contributed by atoms with van der Waals surface area (Å²) in [5, 5.41) is 8.20. The van der Waals surface area contributed by atoms with Gasteiger partial charge in [0.05, 0.1) is 16.6 Å². The van der Waals surface area contributed by atoms with E-state index in [9.17, 15) is 4.79 Å². The second-order valence-corrected chi connectivity index (χ2v) is 9.47. The number of nitrogens with one attached hydrogen (secondary N) is 1. The third-order valence-electron chi connectivity index (χ3n) is 7.53. The number of hydrogen-bond acceptors (Lipinski definition) is 4. The largest absolute Gasteiger partial charge is 0.349 e. The van der Waals surface area contributed by atoms with Crippen LogP contribution >= 0.6 is 0 Å². The van der Waals surface area contributed by atoms with Gasteiger partial charge in [0.25, 0.3) is 11.6 Å². The molecule has 0 spiro atoms. The second-order valence-electron chi connectivity index (χ2n) is 9.47. The van der Waals surface area contributed by atoms with Crippen LogP contribution in [0, 0.1) is 37.0 Å². The van der Waals surface area contributed by atoms with Gasteiger partial charge in [-0.3, -0.25) is 4.79 Å². The number of aryl methyl sites for hydroxylation is 2. The lowest BCUT2D eigenvalue weighted by molar-refractivity contribution is -0.0727. The van der Waals surface area contributed by atoms with E-state index in [0.29, 0.717) is 16.7 Å². The molecule has 0 aliphatic heterocycles. The molecule has 5 heteroatoms. The average molecular weight is 367 g/mol. The predicted molar refractivity (Wildman–Crippen MR) is 103 cm³/mol. The number of aromatic nitrogens is 2. The molecule has 2 aromatic heterocycles. The zero-order valence-electron chi connectivity index (χ0n) is 16.5. The molecule has 4 aliphatic carbocycles. The molecule has 4 aliphatic rings. The van der Waals surface area contributed by atoms with Crippen LogP contribution in [-0.4, -0.2) is 22.1 Å². The van der Waals surface area contributed by atoms with Gasteiger partial charge in [-0.05, 0) is 88.0 Å². The summed E-state index contributed by atoms with van der Waals surface area (Å²) in [7, 11) is 0. The van der Waals surface area contributed by atoms with Crippen molar-refractivity contribution in [3.63, 3.8) is 0 Å². The molecule has 1 amide bonds. The summed E-state index contributed by atoms with van der Waals surface area (Å²) in [6.45, 7) is 5.99. The van der Waals surface area contributed by atoms with Crippen LogP contribution in [0.25, 0.3) is 11.1 Å². The van der Waals surface area contributed by atoms with E-state index in [1.165, 1.54) is 38.5 Å². The quantitative estimate of drug-likeness (QED) is 0.860. The summed E-state index contributed by atoms with van der Waals surface area (Å²) in [5.74, 6) is 2.66. The molecular formula is C22H29N3O2. The number of carbonyl (C=O) groups is 1. The van der Waals surface area contributed by atoms with Crippen molar-refractivity contribution in [2.45, 2.75) is 71.8 Å². The minimum Gasteiger partial charge on any atom is -0.349 e. The number of hydrogen-bond donors (Lipinski definition) is 1. The van der Waals surface area contributed by atoms with Crippen LogP contribution < -0.4 is 5.32 Å². The van der Waals surface area contributed by atoms with Crippen LogP contribution in [0.2, 0.25) is 0 Å². The Morgan fingerprint density at radius 2 is 1.85 bits per heavy atom. The van der Waals surface area contributed by atoms with Gasteiger partial charge in [0.2, 0.25) is 0 Å². The molecule has 1 atom stereocenters. The molecule has 144 valence electrons. The van der Waals surface area contributed by atoms with Gasteiger partial charge in [-0.25, -0.2) is 4.98 Å². The minimum atomic E-state index is -0.000560. The van der Waals surface area contributed by atoms with Crippen molar-refractivity contribution in [1.82, 2.24) is 15.5 Å². The summed E-state index contributed by atoms with van der Waals surface area (Å²) in [6.07, 6.45) is 9.17. The lowest BCUT2D eigenvalue weighted by Crippen LogP contribution is -2.56. The molecule has 4 fully saturated rings. The van der Waals surface area contributed by atoms with Crippen LogP contribution in [0.3, 0.4) is 0 Å². The maximum absolute atomic E-state index is 13.3. The van der Waals surface area contributed by atoms with E-state index in [0.717, 1.165) is 40.9 Å². The highest BCUT2D eigenvalue weighted by atomic mass is 16.5. The van der Waals surface area contributed by atoms with E-state index < -0.39 is 0 Å². The van der Waals surface area contributed by atoms with Crippen LogP contribution in [0.15, 0.2) is 10.6 Å². The van der Waals surface area contributed by atoms with E-state index in [1.54, 1.807) is 0 Å². The number of rotatable bonds is 4. The van der Waals surface area contributed by atoms with E-state index >= 15 is 0 Å². The number of amides is 1. The predicted octanol–water partition coefficient (Wildman–Crippen LogP) is 4.56. The lowest BCUT2D eigenvalue weighted by Gasteiger charge is -2.59. The Morgan fingerprint density at radius 1 is 1.22 bits per heavy atom. The standard InChI is InChI=1S/C22H29N3O2/c1-4-18(22-9-14-6-15(10-22)8-16(7-14)11-22)24-20(26)17-5-12(2)23-21-19(17)13(3)25-27-21/h5,14-16,18H,4,6-11H2,1-3H3,(H,24,26)/t14?,15?,16?,18-,22?/m0/s1. The van der Waals surface area contributed by atoms with Crippen LogP contribution in [0.4, 0.5) is 0 Å². The molecule has 2 heterocycles. The molecule has 4 bridgehead atoms. The maximum Gasteiger partial charge on any atom is 0.258 e. The fraction of sp³-hybridized carbons (Fsp3) is 0.682. The Bertz CT molecular complexity index is 865. The fourth-order valence-corrected chi connectivity index (χ4v) is 6.93. The summed E-state index contributed by atoms with van der Waals surface area (Å²) < 4.78 is 5.31. The number of pyridine rings is 1. The molecule has 0 saturated heterocycles. The topological polar surface area (TPSA) is 68.0 Å². The summed E-state index contributed by atoms with van der Waals surface area (Å²) in [6, 6.07) is 2.12. The van der Waals surface area contributed by atoms with Gasteiger partial charge < -0.3 is 9.84 Å². The molecular weight excluding hydrogens is 338 g/mol. The van der Waals surface area contributed by atoms with E-state index in [1.807, 2.05) is 19.9 Å². The van der Waals surface area contributed by atoms with Gasteiger partial charge in [-0.1, -0.05) is 12.1 Å². The fourth-order valence-electron chi connectivity index (χ4n) is 6.93. The minimum absolute atomic E-state index is 0.000560. The summed E-state index contributed by atoms with van der Waals surface area (Å²) in [5.41, 5.74) is 2.93. The van der Waals surface area contributed by atoms with Crippen molar-refractivity contribution in [1.29, 1.82) is 0 Å². The van der Waals surface area contributed by atoms with Gasteiger partial charge in [0, 0.05) is 11.7 Å². The van der Waals surface area contributed by atoms with Crippen molar-refractivity contribution in [3.8, 4) is 0 Å². The number of fused-ring (bicyclic) bond motifs is 1. The molecule has 0 aromatic carbocycles. The molecule has 5 nitrogen and oxygen atoms in total. The lowest BCUT2D eigenvalue weighted by atomic mass is 9.47. The molecule has 0 unspecified atom stereocenters. The molecule has 0 radical (unpaired) electrons. The Labute approximate surface area is 160 Å². The first-order valence-corrected chi connectivity index (χ1v) is 10.5. The van der Waals surface area contributed by atoms with Crippen LogP contribution in [-0.2, 0) is 0 Å². The van der Waals surface area contributed by atoms with Gasteiger partial charge in [0.1, 0.15) is 0 Å².